The first kappa shape index (κ1) is 13.9. The van der Waals surface area contributed by atoms with Crippen LogP contribution in [0.1, 0.15) is 32.1 Å². The molecule has 2 heterocycles. The van der Waals surface area contributed by atoms with Gasteiger partial charge in [0.2, 0.25) is 11.8 Å². The van der Waals surface area contributed by atoms with Gasteiger partial charge >= 0.3 is 0 Å². The van der Waals surface area contributed by atoms with E-state index in [1.807, 2.05) is 0 Å². The van der Waals surface area contributed by atoms with Crippen LogP contribution >= 0.6 is 11.8 Å². The highest BCUT2D eigenvalue weighted by Gasteiger charge is 2.33. The summed E-state index contributed by atoms with van der Waals surface area (Å²) in [7, 11) is 0. The van der Waals surface area contributed by atoms with E-state index in [-0.39, 0.29) is 29.6 Å². The van der Waals surface area contributed by atoms with Crippen molar-refractivity contribution in [2.45, 2.75) is 49.5 Å². The third kappa shape index (κ3) is 3.73. The lowest BCUT2D eigenvalue weighted by atomic mass is 10.2. The molecule has 20 heavy (non-hydrogen) atoms. The van der Waals surface area contributed by atoms with E-state index in [4.69, 9.17) is 4.74 Å². The Bertz CT molecular complexity index is 431. The van der Waals surface area contributed by atoms with Gasteiger partial charge in [-0.05, 0) is 25.7 Å². The van der Waals surface area contributed by atoms with Gasteiger partial charge in [0, 0.05) is 19.1 Å². The van der Waals surface area contributed by atoms with Crippen LogP contribution in [0.25, 0.3) is 0 Å². The van der Waals surface area contributed by atoms with Gasteiger partial charge in [0.1, 0.15) is 5.25 Å². The highest BCUT2D eigenvalue weighted by atomic mass is 32.2. The molecule has 2 N–H and O–H groups in total. The largest absolute Gasteiger partial charge is 0.376 e. The Balaban J connectivity index is 1.46. The van der Waals surface area contributed by atoms with Crippen LogP contribution < -0.4 is 10.6 Å². The van der Waals surface area contributed by atoms with Crippen LogP contribution in [0.5, 0.6) is 0 Å². The van der Waals surface area contributed by atoms with E-state index < -0.39 is 0 Å². The third-order valence-corrected chi connectivity index (χ3v) is 4.67. The van der Waals surface area contributed by atoms with Crippen LogP contribution in [-0.4, -0.2) is 47.5 Å². The summed E-state index contributed by atoms with van der Waals surface area (Å²) < 4.78 is 5.49. The molecule has 7 heteroatoms. The number of aliphatic imine (C=N–C) groups is 1. The molecule has 0 bridgehead atoms. The summed E-state index contributed by atoms with van der Waals surface area (Å²) in [6.45, 7) is 1.39. The number of nitrogens with zero attached hydrogens (tertiary/aromatic N) is 1. The number of carbonyl (C=O) groups is 2. The number of carbonyl (C=O) groups excluding carboxylic acids is 2. The SMILES string of the molecule is O=C(C[C@@H]1SC(=NC[C@@H]2CCCO2)NC1=O)NC1CC1. The lowest BCUT2D eigenvalue weighted by Gasteiger charge is -2.06. The smallest absolute Gasteiger partial charge is 0.240 e. The van der Waals surface area contributed by atoms with E-state index in [1.54, 1.807) is 0 Å². The average molecular weight is 297 g/mol. The molecule has 2 amide bonds. The molecule has 1 saturated carbocycles. The molecule has 3 fully saturated rings. The Labute approximate surface area is 122 Å². The van der Waals surface area contributed by atoms with Crippen molar-refractivity contribution in [3.63, 3.8) is 0 Å². The quantitative estimate of drug-likeness (QED) is 0.771. The summed E-state index contributed by atoms with van der Waals surface area (Å²) in [6.07, 6.45) is 4.64. The molecule has 0 aromatic rings. The van der Waals surface area contributed by atoms with Gasteiger partial charge in [-0.1, -0.05) is 11.8 Å². The van der Waals surface area contributed by atoms with Crippen molar-refractivity contribution >= 4 is 28.7 Å². The van der Waals surface area contributed by atoms with E-state index in [1.165, 1.54) is 11.8 Å². The Morgan fingerprint density at radius 2 is 2.30 bits per heavy atom. The fourth-order valence-electron chi connectivity index (χ4n) is 2.27. The van der Waals surface area contributed by atoms with E-state index in [0.29, 0.717) is 17.8 Å². The van der Waals surface area contributed by atoms with Crippen molar-refractivity contribution in [1.82, 2.24) is 10.6 Å². The average Bonchev–Trinajstić information content (AvgIpc) is 2.94. The maximum atomic E-state index is 11.8. The summed E-state index contributed by atoms with van der Waals surface area (Å²) in [5.41, 5.74) is 0. The summed E-state index contributed by atoms with van der Waals surface area (Å²) in [6, 6.07) is 0.338. The van der Waals surface area contributed by atoms with Crippen molar-refractivity contribution in [2.75, 3.05) is 13.2 Å². The second-order valence-corrected chi connectivity index (χ2v) is 6.61. The maximum Gasteiger partial charge on any atom is 0.240 e. The van der Waals surface area contributed by atoms with Crippen molar-refractivity contribution in [1.29, 1.82) is 0 Å². The van der Waals surface area contributed by atoms with E-state index in [9.17, 15) is 9.59 Å². The van der Waals surface area contributed by atoms with Gasteiger partial charge < -0.3 is 15.4 Å². The minimum Gasteiger partial charge on any atom is -0.376 e. The van der Waals surface area contributed by atoms with Crippen molar-refractivity contribution in [3.8, 4) is 0 Å². The Morgan fingerprint density at radius 1 is 1.45 bits per heavy atom. The highest BCUT2D eigenvalue weighted by molar-refractivity contribution is 8.15. The summed E-state index contributed by atoms with van der Waals surface area (Å²) in [4.78, 5) is 27.9. The molecular formula is C13H19N3O3S. The molecular weight excluding hydrogens is 278 g/mol. The molecule has 3 rings (SSSR count). The second-order valence-electron chi connectivity index (χ2n) is 5.42. The first-order chi connectivity index (χ1) is 9.70. The van der Waals surface area contributed by atoms with Crippen LogP contribution in [0.4, 0.5) is 0 Å². The molecule has 6 nitrogen and oxygen atoms in total. The molecule has 1 aliphatic carbocycles. The van der Waals surface area contributed by atoms with Crippen LogP contribution in [0.2, 0.25) is 0 Å². The fourth-order valence-corrected chi connectivity index (χ4v) is 3.25. The van der Waals surface area contributed by atoms with Gasteiger partial charge in [-0.2, -0.15) is 0 Å². The standard InChI is InChI=1S/C13H19N3O3S/c17-11(15-8-3-4-8)6-10-12(18)16-13(20-10)14-7-9-2-1-5-19-9/h8-10H,1-7H2,(H,15,17)(H,14,16,18)/t9-,10-/m0/s1. The maximum absolute atomic E-state index is 11.8. The van der Waals surface area contributed by atoms with Crippen molar-refractivity contribution < 1.29 is 14.3 Å². The topological polar surface area (TPSA) is 79.8 Å². The minimum absolute atomic E-state index is 0.0412. The van der Waals surface area contributed by atoms with E-state index in [2.05, 4.69) is 15.6 Å². The van der Waals surface area contributed by atoms with E-state index in [0.717, 1.165) is 32.3 Å². The summed E-state index contributed by atoms with van der Waals surface area (Å²) >= 11 is 1.35. The van der Waals surface area contributed by atoms with Gasteiger partial charge in [-0.25, -0.2) is 0 Å². The monoisotopic (exact) mass is 297 g/mol. The molecule has 0 spiro atoms. The molecule has 2 atom stereocenters. The lowest BCUT2D eigenvalue weighted by molar-refractivity contribution is -0.125. The minimum atomic E-state index is -0.350. The van der Waals surface area contributed by atoms with Gasteiger partial charge in [0.15, 0.2) is 5.17 Å². The number of rotatable bonds is 5. The number of nitrogens with one attached hydrogen (secondary N) is 2. The molecule has 3 aliphatic rings. The van der Waals surface area contributed by atoms with Gasteiger partial charge in [-0.3, -0.25) is 14.6 Å². The molecule has 0 aromatic carbocycles. The molecule has 2 saturated heterocycles. The molecule has 0 unspecified atom stereocenters. The first-order valence-corrected chi connectivity index (χ1v) is 8.01. The number of ether oxygens (including phenoxy) is 1. The number of amidine groups is 1. The van der Waals surface area contributed by atoms with Crippen molar-refractivity contribution in [2.24, 2.45) is 4.99 Å². The normalized spacial score (nSPS) is 31.6. The zero-order valence-electron chi connectivity index (χ0n) is 11.3. The number of amides is 2. The lowest BCUT2D eigenvalue weighted by Crippen LogP contribution is -2.32. The summed E-state index contributed by atoms with van der Waals surface area (Å²) in [5.74, 6) is -0.160. The van der Waals surface area contributed by atoms with Gasteiger partial charge in [0.05, 0.1) is 12.6 Å². The number of hydrogen-bond acceptors (Lipinski definition) is 5. The molecule has 110 valence electrons. The van der Waals surface area contributed by atoms with Crippen LogP contribution in [-0.2, 0) is 14.3 Å². The molecule has 0 aromatic heterocycles. The predicted molar refractivity (Wildman–Crippen MR) is 76.6 cm³/mol. The molecule has 0 radical (unpaired) electrons. The van der Waals surface area contributed by atoms with Gasteiger partial charge in [-0.15, -0.1) is 0 Å². The zero-order valence-corrected chi connectivity index (χ0v) is 12.1. The number of thioether (sulfide) groups is 1. The molecule has 2 aliphatic heterocycles. The fraction of sp³-hybridized carbons (Fsp3) is 0.769. The van der Waals surface area contributed by atoms with Crippen LogP contribution in [0, 0.1) is 0 Å². The Morgan fingerprint density at radius 3 is 3.00 bits per heavy atom. The van der Waals surface area contributed by atoms with E-state index >= 15 is 0 Å². The summed E-state index contributed by atoms with van der Waals surface area (Å²) in [5, 5.41) is 5.91. The number of hydrogen-bond donors (Lipinski definition) is 2. The second kappa shape index (κ2) is 6.13. The Kier molecular flexibility index (Phi) is 4.26. The van der Waals surface area contributed by atoms with Crippen LogP contribution in [0.3, 0.4) is 0 Å². The first-order valence-electron chi connectivity index (χ1n) is 7.13. The van der Waals surface area contributed by atoms with Crippen LogP contribution in [0.15, 0.2) is 4.99 Å². The predicted octanol–water partition coefficient (Wildman–Crippen LogP) is 0.422. The third-order valence-electron chi connectivity index (χ3n) is 3.55. The zero-order chi connectivity index (χ0) is 13.9. The highest BCUT2D eigenvalue weighted by Crippen LogP contribution is 2.24. The van der Waals surface area contributed by atoms with Crippen molar-refractivity contribution in [3.05, 3.63) is 0 Å². The van der Waals surface area contributed by atoms with Gasteiger partial charge in [0.25, 0.3) is 0 Å². The Hall–Kier alpha value is -1.08.